The van der Waals surface area contributed by atoms with Crippen molar-refractivity contribution in [2.75, 3.05) is 5.32 Å². The molecule has 0 unspecified atom stereocenters. The Bertz CT molecular complexity index is 1010. The molecule has 1 aliphatic carbocycles. The molecule has 1 fully saturated rings. The highest BCUT2D eigenvalue weighted by Gasteiger charge is 2.51. The lowest BCUT2D eigenvalue weighted by atomic mass is 9.94. The number of aromatic nitrogens is 1. The standard InChI is InChI=1S/C21H18N2O3S2/c1-3-5-8-15(4-2)21(10-11-21)19(26)23-20-22-13-17(28-20)27-16-9-6-7-14(12-16)18(24)25/h1,4-9,12-13H,10-11H2,2H3,(H,24,25)(H,22,23,26)/b8-5-,15-4+. The van der Waals surface area contributed by atoms with E-state index < -0.39 is 11.4 Å². The van der Waals surface area contributed by atoms with Gasteiger partial charge < -0.3 is 10.4 Å². The maximum absolute atomic E-state index is 12.8. The number of hydrogen-bond donors (Lipinski definition) is 2. The number of hydrogen-bond acceptors (Lipinski definition) is 5. The first-order valence-electron chi connectivity index (χ1n) is 8.56. The van der Waals surface area contributed by atoms with E-state index >= 15 is 0 Å². The van der Waals surface area contributed by atoms with Crippen LogP contribution < -0.4 is 5.32 Å². The van der Waals surface area contributed by atoms with Gasteiger partial charge >= 0.3 is 5.97 Å². The second-order valence-electron chi connectivity index (χ2n) is 6.20. The minimum atomic E-state index is -0.965. The second kappa shape index (κ2) is 8.46. The van der Waals surface area contributed by atoms with Crippen LogP contribution in [0.2, 0.25) is 0 Å². The topological polar surface area (TPSA) is 79.3 Å². The Hall–Kier alpha value is -2.82. The van der Waals surface area contributed by atoms with Crippen molar-refractivity contribution in [2.45, 2.75) is 28.9 Å². The number of nitrogens with zero attached hydrogens (tertiary/aromatic N) is 1. The van der Waals surface area contributed by atoms with Gasteiger partial charge in [0.15, 0.2) is 5.13 Å². The quantitative estimate of drug-likeness (QED) is 0.504. The van der Waals surface area contributed by atoms with Gasteiger partial charge in [-0.3, -0.25) is 4.79 Å². The van der Waals surface area contributed by atoms with Gasteiger partial charge in [-0.25, -0.2) is 9.78 Å². The fourth-order valence-corrected chi connectivity index (χ4v) is 4.74. The molecule has 1 aromatic heterocycles. The zero-order chi connectivity index (χ0) is 20.1. The summed E-state index contributed by atoms with van der Waals surface area (Å²) < 4.78 is 0.862. The van der Waals surface area contributed by atoms with Crippen LogP contribution in [0.5, 0.6) is 0 Å². The van der Waals surface area contributed by atoms with E-state index in [0.717, 1.165) is 27.5 Å². The summed E-state index contributed by atoms with van der Waals surface area (Å²) >= 11 is 2.76. The average molecular weight is 411 g/mol. The number of aromatic carboxylic acids is 1. The van der Waals surface area contributed by atoms with Crippen molar-refractivity contribution in [1.29, 1.82) is 0 Å². The average Bonchev–Trinajstić information content (AvgIpc) is 3.38. The molecule has 28 heavy (non-hydrogen) atoms. The van der Waals surface area contributed by atoms with Crippen molar-refractivity contribution in [3.63, 3.8) is 0 Å². The number of carbonyl (C=O) groups excluding carboxylic acids is 1. The molecule has 3 rings (SSSR count). The van der Waals surface area contributed by atoms with Crippen molar-refractivity contribution in [1.82, 2.24) is 4.98 Å². The number of rotatable bonds is 7. The molecule has 5 nitrogen and oxygen atoms in total. The van der Waals surface area contributed by atoms with Gasteiger partial charge in [0.1, 0.15) is 0 Å². The zero-order valence-corrected chi connectivity index (χ0v) is 16.8. The van der Waals surface area contributed by atoms with Crippen LogP contribution in [0.4, 0.5) is 5.13 Å². The summed E-state index contributed by atoms with van der Waals surface area (Å²) in [7, 11) is 0. The van der Waals surface area contributed by atoms with Gasteiger partial charge in [0.05, 0.1) is 21.4 Å². The normalized spacial score (nSPS) is 15.2. The summed E-state index contributed by atoms with van der Waals surface area (Å²) in [5.74, 6) is 1.41. The molecule has 0 saturated heterocycles. The largest absolute Gasteiger partial charge is 0.478 e. The highest BCUT2D eigenvalue weighted by Crippen LogP contribution is 2.53. The number of nitrogens with one attached hydrogen (secondary N) is 1. The number of carbonyl (C=O) groups is 2. The van der Waals surface area contributed by atoms with Crippen LogP contribution in [0, 0.1) is 17.8 Å². The molecule has 0 spiro atoms. The summed E-state index contributed by atoms with van der Waals surface area (Å²) in [6, 6.07) is 6.70. The van der Waals surface area contributed by atoms with Gasteiger partial charge in [-0.1, -0.05) is 41.2 Å². The number of carboxylic acid groups (broad SMARTS) is 1. The van der Waals surface area contributed by atoms with Crippen LogP contribution in [-0.4, -0.2) is 22.0 Å². The third-order valence-corrected chi connectivity index (χ3v) is 6.42. The van der Waals surface area contributed by atoms with E-state index in [-0.39, 0.29) is 11.5 Å². The molecule has 0 bridgehead atoms. The summed E-state index contributed by atoms with van der Waals surface area (Å²) in [5, 5.41) is 12.5. The maximum Gasteiger partial charge on any atom is 0.335 e. The van der Waals surface area contributed by atoms with Gasteiger partial charge in [0.2, 0.25) is 5.91 Å². The molecule has 2 aromatic rings. The van der Waals surface area contributed by atoms with Gasteiger partial charge in [0, 0.05) is 4.90 Å². The van der Waals surface area contributed by atoms with E-state index in [0.29, 0.717) is 5.13 Å². The van der Waals surface area contributed by atoms with Crippen molar-refractivity contribution >= 4 is 40.1 Å². The van der Waals surface area contributed by atoms with Gasteiger partial charge in [-0.2, -0.15) is 0 Å². The third-order valence-electron chi connectivity index (χ3n) is 4.41. The van der Waals surface area contributed by atoms with E-state index in [1.165, 1.54) is 23.1 Å². The first-order valence-corrected chi connectivity index (χ1v) is 10.2. The molecular formula is C21H18N2O3S2. The van der Waals surface area contributed by atoms with Crippen molar-refractivity contribution < 1.29 is 14.7 Å². The zero-order valence-electron chi connectivity index (χ0n) is 15.1. The SMILES string of the molecule is C#C/C=C\C(=C/C)C1(C(=O)Nc2ncc(Sc3cccc(C(=O)O)c3)s2)CC1. The Morgan fingerprint density at radius 3 is 2.86 bits per heavy atom. The summed E-state index contributed by atoms with van der Waals surface area (Å²) in [6.45, 7) is 1.90. The first kappa shape index (κ1) is 19.9. The number of allylic oxidation sites excluding steroid dienone is 3. The Labute approximate surface area is 171 Å². The molecule has 142 valence electrons. The molecule has 1 aliphatic rings. The van der Waals surface area contributed by atoms with Crippen LogP contribution in [0.1, 0.15) is 30.1 Å². The molecule has 7 heteroatoms. The number of thiazole rings is 1. The number of benzene rings is 1. The molecule has 1 amide bonds. The van der Waals surface area contributed by atoms with E-state index in [1.54, 1.807) is 30.5 Å². The van der Waals surface area contributed by atoms with Crippen LogP contribution >= 0.6 is 23.1 Å². The lowest BCUT2D eigenvalue weighted by Gasteiger charge is -2.15. The number of amides is 1. The van der Waals surface area contributed by atoms with Gasteiger partial charge in [-0.05, 0) is 55.7 Å². The Balaban J connectivity index is 1.69. The van der Waals surface area contributed by atoms with E-state index in [1.807, 2.05) is 25.1 Å². The lowest BCUT2D eigenvalue weighted by Crippen LogP contribution is -2.25. The summed E-state index contributed by atoms with van der Waals surface area (Å²) in [5.41, 5.74) is 0.619. The second-order valence-corrected chi connectivity index (χ2v) is 8.60. The fourth-order valence-electron chi connectivity index (χ4n) is 2.83. The Kier molecular flexibility index (Phi) is 6.02. The molecule has 0 aliphatic heterocycles. The first-order chi connectivity index (χ1) is 13.5. The fraction of sp³-hybridized carbons (Fsp3) is 0.190. The maximum atomic E-state index is 12.8. The van der Waals surface area contributed by atoms with Crippen LogP contribution in [0.15, 0.2) is 63.4 Å². The van der Waals surface area contributed by atoms with Gasteiger partial charge in [0.25, 0.3) is 0 Å². The highest BCUT2D eigenvalue weighted by molar-refractivity contribution is 8.01. The molecule has 0 radical (unpaired) electrons. The number of anilines is 1. The van der Waals surface area contributed by atoms with E-state index in [9.17, 15) is 9.59 Å². The van der Waals surface area contributed by atoms with Crippen LogP contribution in [0.25, 0.3) is 0 Å². The molecule has 1 heterocycles. The third kappa shape index (κ3) is 4.35. The van der Waals surface area contributed by atoms with E-state index in [2.05, 4.69) is 16.2 Å². The molecule has 1 saturated carbocycles. The minimum Gasteiger partial charge on any atom is -0.478 e. The van der Waals surface area contributed by atoms with Crippen LogP contribution in [0.3, 0.4) is 0 Å². The van der Waals surface area contributed by atoms with Crippen molar-refractivity contribution in [2.24, 2.45) is 5.41 Å². The number of terminal acetylenes is 1. The van der Waals surface area contributed by atoms with Crippen molar-refractivity contribution in [3.05, 3.63) is 59.8 Å². The molecule has 0 atom stereocenters. The lowest BCUT2D eigenvalue weighted by molar-refractivity contribution is -0.119. The molecule has 2 N–H and O–H groups in total. The Morgan fingerprint density at radius 2 is 2.21 bits per heavy atom. The van der Waals surface area contributed by atoms with Crippen LogP contribution in [-0.2, 0) is 4.79 Å². The predicted octanol–water partition coefficient (Wildman–Crippen LogP) is 4.85. The monoisotopic (exact) mass is 410 g/mol. The highest BCUT2D eigenvalue weighted by atomic mass is 32.2. The molecule has 1 aromatic carbocycles. The van der Waals surface area contributed by atoms with Crippen molar-refractivity contribution in [3.8, 4) is 12.3 Å². The molecular weight excluding hydrogens is 392 g/mol. The predicted molar refractivity (Wildman–Crippen MR) is 112 cm³/mol. The summed E-state index contributed by atoms with van der Waals surface area (Å²) in [6.07, 6.45) is 13.8. The Morgan fingerprint density at radius 1 is 1.43 bits per heavy atom. The van der Waals surface area contributed by atoms with E-state index in [4.69, 9.17) is 11.5 Å². The summed E-state index contributed by atoms with van der Waals surface area (Å²) in [4.78, 5) is 29.0. The minimum absolute atomic E-state index is 0.0824. The van der Waals surface area contributed by atoms with Gasteiger partial charge in [-0.15, -0.1) is 6.42 Å². The number of carboxylic acids is 1. The smallest absolute Gasteiger partial charge is 0.335 e.